The molecule has 1 saturated heterocycles. The molecule has 1 heterocycles. The number of hydrogen-bond donors (Lipinski definition) is 0. The summed E-state index contributed by atoms with van der Waals surface area (Å²) in [5, 5.41) is 11.0. The van der Waals surface area contributed by atoms with Gasteiger partial charge >= 0.3 is 0 Å². The van der Waals surface area contributed by atoms with Crippen LogP contribution in [0.15, 0.2) is 41.3 Å². The molecule has 0 N–H and O–H groups in total. The number of hydrogen-bond acceptors (Lipinski definition) is 5. The van der Waals surface area contributed by atoms with Crippen LogP contribution >= 0.6 is 0 Å². The zero-order valence-electron chi connectivity index (χ0n) is 15.1. The molecule has 1 aliphatic heterocycles. The molecule has 0 atom stereocenters. The normalized spacial score (nSPS) is 16.2. The van der Waals surface area contributed by atoms with Crippen LogP contribution in [-0.2, 0) is 16.6 Å². The van der Waals surface area contributed by atoms with E-state index in [0.29, 0.717) is 30.8 Å². The molecule has 150 valence electrons. The van der Waals surface area contributed by atoms with Crippen molar-refractivity contribution in [2.75, 3.05) is 26.2 Å². The van der Waals surface area contributed by atoms with Crippen molar-refractivity contribution in [2.24, 2.45) is 0 Å². The molecule has 0 spiro atoms. The predicted molar refractivity (Wildman–Crippen MR) is 98.2 cm³/mol. The zero-order valence-corrected chi connectivity index (χ0v) is 16.0. The topological polar surface area (TPSA) is 83.8 Å². The molecule has 28 heavy (non-hydrogen) atoms. The maximum Gasteiger partial charge on any atom is 0.270 e. The van der Waals surface area contributed by atoms with Crippen LogP contribution in [0.25, 0.3) is 0 Å². The van der Waals surface area contributed by atoms with Crippen molar-refractivity contribution in [1.82, 2.24) is 9.21 Å². The molecule has 0 saturated carbocycles. The molecule has 0 bridgehead atoms. The quantitative estimate of drug-likeness (QED) is 0.558. The van der Waals surface area contributed by atoms with E-state index in [4.69, 9.17) is 0 Å². The molecule has 10 heteroatoms. The third-order valence-electron chi connectivity index (χ3n) is 4.72. The minimum absolute atomic E-state index is 0.0734. The number of piperazine rings is 1. The third-order valence-corrected chi connectivity index (χ3v) is 6.76. The second-order valence-electron chi connectivity index (χ2n) is 6.64. The number of halogens is 2. The second kappa shape index (κ2) is 7.90. The molecule has 2 aromatic carbocycles. The number of aryl methyl sites for hydroxylation is 1. The smallest absolute Gasteiger partial charge is 0.270 e. The van der Waals surface area contributed by atoms with Crippen molar-refractivity contribution in [3.63, 3.8) is 0 Å². The highest BCUT2D eigenvalue weighted by Gasteiger charge is 2.30. The Labute approximate surface area is 161 Å². The Hall–Kier alpha value is -2.43. The predicted octanol–water partition coefficient (Wildman–Crippen LogP) is 2.69. The number of nitrogens with zero attached hydrogens (tertiary/aromatic N) is 3. The van der Waals surface area contributed by atoms with E-state index in [1.54, 1.807) is 6.92 Å². The van der Waals surface area contributed by atoms with E-state index in [0.717, 1.165) is 18.2 Å². The van der Waals surface area contributed by atoms with Crippen LogP contribution in [0.4, 0.5) is 14.5 Å². The van der Waals surface area contributed by atoms with E-state index < -0.39 is 26.6 Å². The fourth-order valence-electron chi connectivity index (χ4n) is 3.14. The van der Waals surface area contributed by atoms with E-state index in [2.05, 4.69) is 0 Å². The lowest BCUT2D eigenvalue weighted by Crippen LogP contribution is -2.48. The molecule has 0 amide bonds. The molecular formula is C18H19F2N3O4S. The van der Waals surface area contributed by atoms with Gasteiger partial charge in [-0.05, 0) is 30.2 Å². The lowest BCUT2D eigenvalue weighted by atomic mass is 10.2. The summed E-state index contributed by atoms with van der Waals surface area (Å²) in [6, 6.07) is 7.46. The summed E-state index contributed by atoms with van der Waals surface area (Å²) in [5.41, 5.74) is 0.765. The minimum Gasteiger partial charge on any atom is -0.296 e. The molecule has 0 aromatic heterocycles. The maximum atomic E-state index is 13.3. The van der Waals surface area contributed by atoms with Gasteiger partial charge in [-0.15, -0.1) is 0 Å². The molecule has 1 aliphatic rings. The van der Waals surface area contributed by atoms with Crippen LogP contribution in [0.3, 0.4) is 0 Å². The lowest BCUT2D eigenvalue weighted by Gasteiger charge is -2.34. The first-order chi connectivity index (χ1) is 13.2. The van der Waals surface area contributed by atoms with Crippen molar-refractivity contribution < 1.29 is 22.1 Å². The Kier molecular flexibility index (Phi) is 5.73. The van der Waals surface area contributed by atoms with Crippen LogP contribution < -0.4 is 0 Å². The number of sulfonamides is 1. The first kappa shape index (κ1) is 20.3. The van der Waals surface area contributed by atoms with Gasteiger partial charge in [0.25, 0.3) is 5.69 Å². The summed E-state index contributed by atoms with van der Waals surface area (Å²) < 4.78 is 53.5. The molecule has 0 aliphatic carbocycles. The van der Waals surface area contributed by atoms with Gasteiger partial charge < -0.3 is 0 Å². The van der Waals surface area contributed by atoms with Gasteiger partial charge in [-0.1, -0.05) is 12.1 Å². The zero-order chi connectivity index (χ0) is 20.5. The fourth-order valence-corrected chi connectivity index (χ4v) is 4.81. The summed E-state index contributed by atoms with van der Waals surface area (Å²) in [6.07, 6.45) is 0. The van der Waals surface area contributed by atoms with Crippen LogP contribution in [0.5, 0.6) is 0 Å². The molecule has 1 fully saturated rings. The number of rotatable bonds is 5. The molecule has 7 nitrogen and oxygen atoms in total. The van der Waals surface area contributed by atoms with E-state index in [-0.39, 0.29) is 23.7 Å². The second-order valence-corrected chi connectivity index (χ2v) is 8.54. The summed E-state index contributed by atoms with van der Waals surface area (Å²) in [6.45, 7) is 3.19. The highest BCUT2D eigenvalue weighted by Crippen LogP contribution is 2.26. The molecule has 0 unspecified atom stereocenters. The Balaban J connectivity index is 1.71. The van der Waals surface area contributed by atoms with Gasteiger partial charge in [-0.3, -0.25) is 15.0 Å². The SMILES string of the molecule is Cc1ccc([N+](=O)[O-])cc1S(=O)(=O)N1CCN(Cc2ccc(F)c(F)c2)CC1. The van der Waals surface area contributed by atoms with Gasteiger partial charge in [0.2, 0.25) is 10.0 Å². The molecule has 2 aromatic rings. The van der Waals surface area contributed by atoms with E-state index in [9.17, 15) is 27.3 Å². The molecule has 3 rings (SSSR count). The largest absolute Gasteiger partial charge is 0.296 e. The van der Waals surface area contributed by atoms with Crippen LogP contribution in [0.1, 0.15) is 11.1 Å². The highest BCUT2D eigenvalue weighted by molar-refractivity contribution is 7.89. The highest BCUT2D eigenvalue weighted by atomic mass is 32.2. The van der Waals surface area contributed by atoms with Crippen molar-refractivity contribution in [3.05, 3.63) is 69.3 Å². The van der Waals surface area contributed by atoms with Gasteiger partial charge in [-0.2, -0.15) is 4.31 Å². The van der Waals surface area contributed by atoms with Gasteiger partial charge in [0, 0.05) is 44.9 Å². The minimum atomic E-state index is -3.86. The maximum absolute atomic E-state index is 13.3. The van der Waals surface area contributed by atoms with Crippen LogP contribution in [0, 0.1) is 28.7 Å². The monoisotopic (exact) mass is 411 g/mol. The standard InChI is InChI=1S/C18H19F2N3O4S/c1-13-2-4-15(23(24)25)11-18(13)28(26,27)22-8-6-21(7-9-22)12-14-3-5-16(19)17(20)10-14/h2-5,10-11H,6-9,12H2,1H3. The fraction of sp³-hybridized carbons (Fsp3) is 0.333. The Morgan fingerprint density at radius 3 is 2.32 bits per heavy atom. The van der Waals surface area contributed by atoms with Gasteiger partial charge in [0.1, 0.15) is 0 Å². The first-order valence-electron chi connectivity index (χ1n) is 8.60. The van der Waals surface area contributed by atoms with Crippen LogP contribution in [0.2, 0.25) is 0 Å². The Morgan fingerprint density at radius 1 is 1.04 bits per heavy atom. The van der Waals surface area contributed by atoms with Gasteiger partial charge in [0.05, 0.1) is 9.82 Å². The number of non-ortho nitro benzene ring substituents is 1. The summed E-state index contributed by atoms with van der Waals surface area (Å²) >= 11 is 0. The summed E-state index contributed by atoms with van der Waals surface area (Å²) in [7, 11) is -3.86. The number of nitro groups is 1. The van der Waals surface area contributed by atoms with Gasteiger partial charge in [0.15, 0.2) is 11.6 Å². The number of benzene rings is 2. The van der Waals surface area contributed by atoms with E-state index in [1.807, 2.05) is 4.90 Å². The van der Waals surface area contributed by atoms with E-state index in [1.165, 1.54) is 22.5 Å². The average Bonchev–Trinajstić information content (AvgIpc) is 2.65. The number of nitro benzene ring substituents is 1. The average molecular weight is 411 g/mol. The Bertz CT molecular complexity index is 1010. The van der Waals surface area contributed by atoms with Crippen molar-refractivity contribution >= 4 is 15.7 Å². The molecule has 0 radical (unpaired) electrons. The van der Waals surface area contributed by atoms with Crippen LogP contribution in [-0.4, -0.2) is 48.7 Å². The van der Waals surface area contributed by atoms with Crippen molar-refractivity contribution in [1.29, 1.82) is 0 Å². The third kappa shape index (κ3) is 4.18. The first-order valence-corrected chi connectivity index (χ1v) is 10.0. The molecular weight excluding hydrogens is 392 g/mol. The summed E-state index contributed by atoms with van der Waals surface area (Å²) in [5.74, 6) is -1.83. The van der Waals surface area contributed by atoms with Gasteiger partial charge in [-0.25, -0.2) is 17.2 Å². The van der Waals surface area contributed by atoms with Crippen molar-refractivity contribution in [3.8, 4) is 0 Å². The summed E-state index contributed by atoms with van der Waals surface area (Å²) in [4.78, 5) is 12.2. The Morgan fingerprint density at radius 2 is 1.71 bits per heavy atom. The van der Waals surface area contributed by atoms with Crippen molar-refractivity contribution in [2.45, 2.75) is 18.4 Å². The van der Waals surface area contributed by atoms with E-state index >= 15 is 0 Å². The lowest BCUT2D eigenvalue weighted by molar-refractivity contribution is -0.385.